The van der Waals surface area contributed by atoms with E-state index in [4.69, 9.17) is 5.73 Å². The fraction of sp³-hybridized carbons (Fsp3) is 0.588. The molecule has 132 valence electrons. The summed E-state index contributed by atoms with van der Waals surface area (Å²) in [6, 6.07) is 8.12. The molecule has 1 saturated heterocycles. The first-order valence-electron chi connectivity index (χ1n) is 8.15. The van der Waals surface area contributed by atoms with Crippen LogP contribution < -0.4 is 16.0 Å². The van der Waals surface area contributed by atoms with Gasteiger partial charge in [0.15, 0.2) is 0 Å². The normalized spacial score (nSPS) is 13.2. The number of carbonyl (C=O) groups excluding carboxylic acids is 1. The highest BCUT2D eigenvalue weighted by Crippen LogP contribution is 2.28. The number of nitrogens with zero attached hydrogens (tertiary/aromatic N) is 1. The van der Waals surface area contributed by atoms with Crippen LogP contribution in [0.5, 0.6) is 0 Å². The number of nitrogens with one attached hydrogen (secondary N) is 1. The van der Waals surface area contributed by atoms with Crippen molar-refractivity contribution in [2.45, 2.75) is 44.9 Å². The summed E-state index contributed by atoms with van der Waals surface area (Å²) in [4.78, 5) is 14.4. The van der Waals surface area contributed by atoms with E-state index in [0.717, 1.165) is 56.7 Å². The Morgan fingerprint density at radius 2 is 1.70 bits per heavy atom. The SMILES string of the molecule is Cl.Cl.NCCCCCCC(=O)Nc1ccccc1N1CCCC1. The van der Waals surface area contributed by atoms with Gasteiger partial charge in [-0.3, -0.25) is 4.79 Å². The van der Waals surface area contributed by atoms with Crippen LogP contribution in [0.25, 0.3) is 0 Å². The van der Waals surface area contributed by atoms with Crippen molar-refractivity contribution in [3.05, 3.63) is 24.3 Å². The molecular formula is C17H29Cl2N3O. The molecule has 1 fully saturated rings. The average Bonchev–Trinajstić information content (AvgIpc) is 3.02. The fourth-order valence-electron chi connectivity index (χ4n) is 2.81. The maximum absolute atomic E-state index is 12.1. The second-order valence-corrected chi connectivity index (χ2v) is 5.71. The molecule has 0 unspecified atom stereocenters. The van der Waals surface area contributed by atoms with Crippen LogP contribution in [0.2, 0.25) is 0 Å². The number of rotatable bonds is 8. The zero-order valence-electron chi connectivity index (χ0n) is 13.6. The van der Waals surface area contributed by atoms with E-state index in [9.17, 15) is 4.79 Å². The third-order valence-corrected chi connectivity index (χ3v) is 3.98. The van der Waals surface area contributed by atoms with Crippen LogP contribution in [0.3, 0.4) is 0 Å². The van der Waals surface area contributed by atoms with E-state index in [0.29, 0.717) is 6.42 Å². The number of benzene rings is 1. The maximum atomic E-state index is 12.1. The summed E-state index contributed by atoms with van der Waals surface area (Å²) < 4.78 is 0. The first-order chi connectivity index (χ1) is 10.3. The molecule has 4 nitrogen and oxygen atoms in total. The maximum Gasteiger partial charge on any atom is 0.224 e. The molecule has 1 aromatic rings. The molecule has 0 saturated carbocycles. The molecule has 3 N–H and O–H groups in total. The molecule has 2 rings (SSSR count). The van der Waals surface area contributed by atoms with Gasteiger partial charge in [-0.15, -0.1) is 24.8 Å². The van der Waals surface area contributed by atoms with Crippen LogP contribution in [0.15, 0.2) is 24.3 Å². The Morgan fingerprint density at radius 3 is 2.39 bits per heavy atom. The molecular weight excluding hydrogens is 333 g/mol. The lowest BCUT2D eigenvalue weighted by Gasteiger charge is -2.21. The highest BCUT2D eigenvalue weighted by atomic mass is 35.5. The van der Waals surface area contributed by atoms with Crippen LogP contribution in [0.4, 0.5) is 11.4 Å². The molecule has 0 atom stereocenters. The molecule has 0 spiro atoms. The van der Waals surface area contributed by atoms with E-state index in [1.165, 1.54) is 12.8 Å². The number of amides is 1. The Kier molecular flexibility index (Phi) is 11.9. The largest absolute Gasteiger partial charge is 0.370 e. The molecule has 6 heteroatoms. The zero-order chi connectivity index (χ0) is 14.9. The third-order valence-electron chi connectivity index (χ3n) is 3.98. The van der Waals surface area contributed by atoms with Crippen LogP contribution in [-0.4, -0.2) is 25.5 Å². The Balaban J connectivity index is 0.00000242. The summed E-state index contributed by atoms with van der Waals surface area (Å²) in [5.74, 6) is 0.120. The zero-order valence-corrected chi connectivity index (χ0v) is 15.3. The summed E-state index contributed by atoms with van der Waals surface area (Å²) in [5.41, 5.74) is 7.57. The predicted molar refractivity (Wildman–Crippen MR) is 103 cm³/mol. The second-order valence-electron chi connectivity index (χ2n) is 5.71. The van der Waals surface area contributed by atoms with Gasteiger partial charge in [0.1, 0.15) is 0 Å². The number of anilines is 2. The number of para-hydroxylation sites is 2. The van der Waals surface area contributed by atoms with Gasteiger partial charge in [0.2, 0.25) is 5.91 Å². The summed E-state index contributed by atoms with van der Waals surface area (Å²) >= 11 is 0. The molecule has 0 aromatic heterocycles. The summed E-state index contributed by atoms with van der Waals surface area (Å²) in [7, 11) is 0. The topological polar surface area (TPSA) is 58.4 Å². The van der Waals surface area contributed by atoms with Gasteiger partial charge in [-0.2, -0.15) is 0 Å². The monoisotopic (exact) mass is 361 g/mol. The number of nitrogens with two attached hydrogens (primary N) is 1. The van der Waals surface area contributed by atoms with Crippen molar-refractivity contribution in [3.8, 4) is 0 Å². The molecule has 1 aliphatic heterocycles. The lowest BCUT2D eigenvalue weighted by atomic mass is 10.1. The predicted octanol–water partition coefficient (Wildman–Crippen LogP) is 3.98. The van der Waals surface area contributed by atoms with Crippen LogP contribution in [0.1, 0.15) is 44.9 Å². The Morgan fingerprint density at radius 1 is 1.04 bits per heavy atom. The number of halogens is 2. The molecule has 1 aliphatic rings. The minimum absolute atomic E-state index is 0. The first kappa shape index (κ1) is 22.0. The van der Waals surface area contributed by atoms with Gasteiger partial charge in [0, 0.05) is 19.5 Å². The molecule has 1 amide bonds. The lowest BCUT2D eigenvalue weighted by Crippen LogP contribution is -2.21. The van der Waals surface area contributed by atoms with Crippen molar-refractivity contribution in [2.75, 3.05) is 29.9 Å². The highest BCUT2D eigenvalue weighted by Gasteiger charge is 2.16. The van der Waals surface area contributed by atoms with Crippen LogP contribution >= 0.6 is 24.8 Å². The van der Waals surface area contributed by atoms with E-state index in [1.807, 2.05) is 18.2 Å². The Hall–Kier alpha value is -0.970. The average molecular weight is 362 g/mol. The second kappa shape index (κ2) is 12.5. The number of unbranched alkanes of at least 4 members (excludes halogenated alkanes) is 3. The van der Waals surface area contributed by atoms with Gasteiger partial charge in [0.25, 0.3) is 0 Å². The van der Waals surface area contributed by atoms with Gasteiger partial charge in [-0.1, -0.05) is 25.0 Å². The van der Waals surface area contributed by atoms with E-state index < -0.39 is 0 Å². The molecule has 23 heavy (non-hydrogen) atoms. The summed E-state index contributed by atoms with van der Waals surface area (Å²) in [6.45, 7) is 2.92. The smallest absolute Gasteiger partial charge is 0.224 e. The van der Waals surface area contributed by atoms with Crippen LogP contribution in [-0.2, 0) is 4.79 Å². The standard InChI is InChI=1S/C17H27N3O.2ClH/c18-12-6-2-1-3-11-17(21)19-15-9-4-5-10-16(15)20-13-7-8-14-20;;/h4-5,9-10H,1-3,6-8,11-14,18H2,(H,19,21);2*1H. The third kappa shape index (κ3) is 7.42. The van der Waals surface area contributed by atoms with Crippen molar-refractivity contribution in [1.29, 1.82) is 0 Å². The van der Waals surface area contributed by atoms with Gasteiger partial charge in [-0.25, -0.2) is 0 Å². The minimum Gasteiger partial charge on any atom is -0.370 e. The Bertz CT molecular complexity index is 451. The van der Waals surface area contributed by atoms with Crippen molar-refractivity contribution in [3.63, 3.8) is 0 Å². The molecule has 0 bridgehead atoms. The van der Waals surface area contributed by atoms with Crippen LogP contribution in [0, 0.1) is 0 Å². The minimum atomic E-state index is 0. The highest BCUT2D eigenvalue weighted by molar-refractivity contribution is 5.94. The van der Waals surface area contributed by atoms with Gasteiger partial charge in [-0.05, 0) is 44.4 Å². The summed E-state index contributed by atoms with van der Waals surface area (Å²) in [6.07, 6.45) is 7.27. The number of hydrogen-bond acceptors (Lipinski definition) is 3. The van der Waals surface area contributed by atoms with Crippen molar-refractivity contribution in [1.82, 2.24) is 0 Å². The van der Waals surface area contributed by atoms with Gasteiger partial charge in [0.05, 0.1) is 11.4 Å². The Labute approximate surface area is 152 Å². The quantitative estimate of drug-likeness (QED) is 0.688. The van der Waals surface area contributed by atoms with Crippen molar-refractivity contribution < 1.29 is 4.79 Å². The summed E-state index contributed by atoms with van der Waals surface area (Å²) in [5, 5.41) is 3.07. The lowest BCUT2D eigenvalue weighted by molar-refractivity contribution is -0.116. The van der Waals surface area contributed by atoms with Crippen molar-refractivity contribution in [2.24, 2.45) is 5.73 Å². The van der Waals surface area contributed by atoms with E-state index >= 15 is 0 Å². The molecule has 0 radical (unpaired) electrons. The van der Waals surface area contributed by atoms with Gasteiger partial charge >= 0.3 is 0 Å². The molecule has 0 aliphatic carbocycles. The molecule has 1 heterocycles. The van der Waals surface area contributed by atoms with E-state index in [2.05, 4.69) is 16.3 Å². The van der Waals surface area contributed by atoms with Crippen molar-refractivity contribution >= 4 is 42.1 Å². The molecule has 1 aromatic carbocycles. The fourth-order valence-corrected chi connectivity index (χ4v) is 2.81. The first-order valence-corrected chi connectivity index (χ1v) is 8.15. The van der Waals surface area contributed by atoms with Gasteiger partial charge < -0.3 is 16.0 Å². The number of hydrogen-bond donors (Lipinski definition) is 2. The van der Waals surface area contributed by atoms with E-state index in [-0.39, 0.29) is 30.7 Å². The number of carbonyl (C=O) groups is 1. The van der Waals surface area contributed by atoms with E-state index in [1.54, 1.807) is 0 Å².